The Morgan fingerprint density at radius 2 is 1.84 bits per heavy atom. The number of hydrogen-bond donors (Lipinski definition) is 2. The zero-order valence-electron chi connectivity index (χ0n) is 17.9. The van der Waals surface area contributed by atoms with Gasteiger partial charge in [-0.3, -0.25) is 4.68 Å². The first kappa shape index (κ1) is 19.4. The summed E-state index contributed by atoms with van der Waals surface area (Å²) >= 11 is 0. The number of nitrogens with zero attached hydrogens (tertiary/aromatic N) is 5. The highest BCUT2D eigenvalue weighted by Crippen LogP contribution is 2.33. The standard InChI is InChI=1S/C24H25FN6O/c1-30-12-14-8-18(23(32)11-22(14)29-30)19-2-3-21-20(27-19)4-5-24(28-21)31-7-6-16(13-31)26-17-9-15(25)10-17/h2-5,8,11-12,15-17,26,32H,6-7,9-10,13H2,1H3/t15?,16-,17?/m1/s1. The smallest absolute Gasteiger partial charge is 0.129 e. The van der Waals surface area contributed by atoms with Gasteiger partial charge in [0.2, 0.25) is 0 Å². The minimum Gasteiger partial charge on any atom is -0.507 e. The molecule has 1 aliphatic heterocycles. The third-order valence-electron chi connectivity index (χ3n) is 6.60. The Kier molecular flexibility index (Phi) is 4.50. The lowest BCUT2D eigenvalue weighted by molar-refractivity contribution is 0.148. The van der Waals surface area contributed by atoms with Crippen molar-refractivity contribution in [3.05, 3.63) is 42.6 Å². The maximum atomic E-state index is 13.1. The number of benzene rings is 1. The van der Waals surface area contributed by atoms with E-state index in [1.165, 1.54) is 0 Å². The summed E-state index contributed by atoms with van der Waals surface area (Å²) in [4.78, 5) is 11.9. The lowest BCUT2D eigenvalue weighted by atomic mass is 9.90. The summed E-state index contributed by atoms with van der Waals surface area (Å²) in [5.41, 5.74) is 3.74. The predicted molar refractivity (Wildman–Crippen MR) is 123 cm³/mol. The van der Waals surface area contributed by atoms with Gasteiger partial charge in [0, 0.05) is 55.4 Å². The highest BCUT2D eigenvalue weighted by Gasteiger charge is 2.33. The second kappa shape index (κ2) is 7.41. The summed E-state index contributed by atoms with van der Waals surface area (Å²) in [6, 6.07) is 12.1. The van der Waals surface area contributed by atoms with Crippen molar-refractivity contribution in [3.8, 4) is 17.0 Å². The minimum atomic E-state index is -0.627. The van der Waals surface area contributed by atoms with Crippen molar-refractivity contribution in [2.24, 2.45) is 7.05 Å². The first-order valence-corrected chi connectivity index (χ1v) is 11.1. The normalized spacial score (nSPS) is 23.2. The number of aromatic hydroxyl groups is 1. The number of hydrogen-bond acceptors (Lipinski definition) is 6. The molecule has 164 valence electrons. The second-order valence-corrected chi connectivity index (χ2v) is 9.00. The van der Waals surface area contributed by atoms with Gasteiger partial charge in [-0.15, -0.1) is 0 Å². The van der Waals surface area contributed by atoms with Gasteiger partial charge in [-0.05, 0) is 49.6 Å². The molecule has 32 heavy (non-hydrogen) atoms. The van der Waals surface area contributed by atoms with Crippen LogP contribution >= 0.6 is 0 Å². The lowest BCUT2D eigenvalue weighted by Gasteiger charge is -2.33. The molecule has 6 rings (SSSR count). The summed E-state index contributed by atoms with van der Waals surface area (Å²) in [5, 5.41) is 19.4. The van der Waals surface area contributed by atoms with Gasteiger partial charge in [-0.25, -0.2) is 14.4 Å². The molecule has 1 atom stereocenters. The van der Waals surface area contributed by atoms with E-state index in [1.54, 1.807) is 10.7 Å². The van der Waals surface area contributed by atoms with E-state index in [-0.39, 0.29) is 5.75 Å². The van der Waals surface area contributed by atoms with Crippen molar-refractivity contribution in [2.45, 2.75) is 37.5 Å². The molecule has 1 aliphatic carbocycles. The van der Waals surface area contributed by atoms with Crippen molar-refractivity contribution in [1.82, 2.24) is 25.1 Å². The van der Waals surface area contributed by atoms with E-state index in [4.69, 9.17) is 9.97 Å². The third kappa shape index (κ3) is 3.44. The van der Waals surface area contributed by atoms with E-state index in [1.807, 2.05) is 43.6 Å². The van der Waals surface area contributed by atoms with Crippen LogP contribution in [0.3, 0.4) is 0 Å². The molecule has 0 radical (unpaired) electrons. The predicted octanol–water partition coefficient (Wildman–Crippen LogP) is 3.56. The van der Waals surface area contributed by atoms with Gasteiger partial charge in [0.25, 0.3) is 0 Å². The molecule has 0 spiro atoms. The maximum Gasteiger partial charge on any atom is 0.129 e. The number of rotatable bonds is 4. The Morgan fingerprint density at radius 1 is 1.03 bits per heavy atom. The molecule has 2 fully saturated rings. The van der Waals surface area contributed by atoms with Crippen molar-refractivity contribution < 1.29 is 9.50 Å². The number of aromatic nitrogens is 4. The Bertz CT molecular complexity index is 1310. The Morgan fingerprint density at radius 3 is 2.69 bits per heavy atom. The van der Waals surface area contributed by atoms with Crippen LogP contribution in [0.5, 0.6) is 5.75 Å². The molecular weight excluding hydrogens is 407 g/mol. The number of nitrogens with one attached hydrogen (secondary N) is 1. The van der Waals surface area contributed by atoms with E-state index in [9.17, 15) is 9.50 Å². The molecule has 1 saturated heterocycles. The van der Waals surface area contributed by atoms with Crippen LogP contribution in [0.4, 0.5) is 10.2 Å². The van der Waals surface area contributed by atoms with E-state index in [0.717, 1.165) is 47.3 Å². The van der Waals surface area contributed by atoms with Gasteiger partial charge in [-0.1, -0.05) is 0 Å². The van der Waals surface area contributed by atoms with Gasteiger partial charge < -0.3 is 15.3 Å². The van der Waals surface area contributed by atoms with Gasteiger partial charge >= 0.3 is 0 Å². The van der Waals surface area contributed by atoms with Crippen LogP contribution < -0.4 is 10.2 Å². The highest BCUT2D eigenvalue weighted by atomic mass is 19.1. The monoisotopic (exact) mass is 432 g/mol. The lowest BCUT2D eigenvalue weighted by Crippen LogP contribution is -2.48. The molecule has 4 heterocycles. The molecule has 0 amide bonds. The molecule has 1 saturated carbocycles. The number of fused-ring (bicyclic) bond motifs is 2. The Labute approximate surface area is 184 Å². The fourth-order valence-electron chi connectivity index (χ4n) is 4.84. The van der Waals surface area contributed by atoms with E-state index < -0.39 is 6.17 Å². The van der Waals surface area contributed by atoms with Crippen LogP contribution in [0.15, 0.2) is 42.6 Å². The van der Waals surface area contributed by atoms with Crippen molar-refractivity contribution >= 4 is 27.8 Å². The van der Waals surface area contributed by atoms with Crippen molar-refractivity contribution in [3.63, 3.8) is 0 Å². The van der Waals surface area contributed by atoms with Crippen LogP contribution in [-0.4, -0.2) is 56.2 Å². The number of phenolic OH excluding ortho intramolecular Hbond substituents is 1. The number of aryl methyl sites for hydroxylation is 1. The van der Waals surface area contributed by atoms with E-state index in [0.29, 0.717) is 36.2 Å². The second-order valence-electron chi connectivity index (χ2n) is 9.00. The SMILES string of the molecule is Cn1cc2cc(-c3ccc4nc(N5CC[C@@H](NC6CC(F)C6)C5)ccc4n3)c(O)cc2n1. The van der Waals surface area contributed by atoms with Crippen LogP contribution in [0.2, 0.25) is 0 Å². The average molecular weight is 433 g/mol. The van der Waals surface area contributed by atoms with Crippen LogP contribution in [0, 0.1) is 0 Å². The Balaban J connectivity index is 1.24. The average Bonchev–Trinajstić information content (AvgIpc) is 3.36. The van der Waals surface area contributed by atoms with Crippen LogP contribution in [0.25, 0.3) is 33.2 Å². The summed E-state index contributed by atoms with van der Waals surface area (Å²) in [6.07, 6.45) is 3.62. The third-order valence-corrected chi connectivity index (χ3v) is 6.60. The molecule has 0 unspecified atom stereocenters. The van der Waals surface area contributed by atoms with Crippen molar-refractivity contribution in [2.75, 3.05) is 18.0 Å². The molecule has 1 aromatic carbocycles. The molecule has 4 aromatic rings. The first-order valence-electron chi connectivity index (χ1n) is 11.1. The van der Waals surface area contributed by atoms with Gasteiger partial charge in [-0.2, -0.15) is 5.10 Å². The molecule has 3 aromatic heterocycles. The molecule has 2 aliphatic rings. The summed E-state index contributed by atoms with van der Waals surface area (Å²) < 4.78 is 14.8. The molecule has 7 nitrogen and oxygen atoms in total. The van der Waals surface area contributed by atoms with Crippen molar-refractivity contribution in [1.29, 1.82) is 0 Å². The molecular formula is C24H25FN6O. The van der Waals surface area contributed by atoms with Gasteiger partial charge in [0.15, 0.2) is 0 Å². The number of alkyl halides is 1. The zero-order valence-corrected chi connectivity index (χ0v) is 17.9. The summed E-state index contributed by atoms with van der Waals surface area (Å²) in [5.74, 6) is 1.10. The van der Waals surface area contributed by atoms with E-state index >= 15 is 0 Å². The van der Waals surface area contributed by atoms with Gasteiger partial charge in [0.1, 0.15) is 17.7 Å². The fraction of sp³-hybridized carbons (Fsp3) is 0.375. The molecule has 8 heteroatoms. The summed E-state index contributed by atoms with van der Waals surface area (Å²) in [7, 11) is 1.86. The van der Waals surface area contributed by atoms with E-state index in [2.05, 4.69) is 15.3 Å². The number of pyridine rings is 2. The number of anilines is 1. The Hall–Kier alpha value is -3.26. The minimum absolute atomic E-state index is 0.161. The quantitative estimate of drug-likeness (QED) is 0.513. The fourth-order valence-corrected chi connectivity index (χ4v) is 4.84. The maximum absolute atomic E-state index is 13.1. The van der Waals surface area contributed by atoms with Gasteiger partial charge in [0.05, 0.1) is 22.2 Å². The first-order chi connectivity index (χ1) is 15.5. The zero-order chi connectivity index (χ0) is 21.8. The molecule has 0 bridgehead atoms. The molecule has 2 N–H and O–H groups in total. The summed E-state index contributed by atoms with van der Waals surface area (Å²) in [6.45, 7) is 1.82. The number of phenols is 1. The highest BCUT2D eigenvalue weighted by molar-refractivity contribution is 5.88. The van der Waals surface area contributed by atoms with Crippen LogP contribution in [-0.2, 0) is 7.05 Å². The van der Waals surface area contributed by atoms with Crippen LogP contribution in [0.1, 0.15) is 19.3 Å². The topological polar surface area (TPSA) is 79.1 Å². The largest absolute Gasteiger partial charge is 0.507 e. The number of halogens is 1.